The lowest BCUT2D eigenvalue weighted by atomic mass is 10.0. The first-order chi connectivity index (χ1) is 8.22. The molecule has 1 aliphatic heterocycles. The molecule has 2 atom stereocenters. The van der Waals surface area contributed by atoms with Crippen LogP contribution in [0.4, 0.5) is 0 Å². The standard InChI is InChI=1S/C13H25NO3/c1-3-16-10-11(2)17-13(15)8-7-12-6-4-5-9-14-12/h11-12,14H,3-10H2,1-2H3. The topological polar surface area (TPSA) is 47.6 Å². The summed E-state index contributed by atoms with van der Waals surface area (Å²) in [5.74, 6) is -0.107. The molecule has 0 aromatic heterocycles. The van der Waals surface area contributed by atoms with E-state index in [1.54, 1.807) is 0 Å². The lowest BCUT2D eigenvalue weighted by Gasteiger charge is -2.23. The van der Waals surface area contributed by atoms with Crippen molar-refractivity contribution >= 4 is 5.97 Å². The minimum absolute atomic E-state index is 0.107. The number of esters is 1. The first-order valence-corrected chi connectivity index (χ1v) is 6.73. The number of hydrogen-bond acceptors (Lipinski definition) is 4. The van der Waals surface area contributed by atoms with Gasteiger partial charge in [0.05, 0.1) is 6.61 Å². The van der Waals surface area contributed by atoms with Crippen LogP contribution >= 0.6 is 0 Å². The Balaban J connectivity index is 2.07. The number of hydrogen-bond donors (Lipinski definition) is 1. The minimum Gasteiger partial charge on any atom is -0.460 e. The Morgan fingerprint density at radius 3 is 2.94 bits per heavy atom. The van der Waals surface area contributed by atoms with E-state index in [2.05, 4.69) is 5.32 Å². The van der Waals surface area contributed by atoms with Crippen LogP contribution in [-0.2, 0) is 14.3 Å². The Kier molecular flexibility index (Phi) is 7.21. The highest BCUT2D eigenvalue weighted by atomic mass is 16.6. The van der Waals surface area contributed by atoms with E-state index in [1.165, 1.54) is 19.3 Å². The molecule has 1 saturated heterocycles. The van der Waals surface area contributed by atoms with Gasteiger partial charge in [-0.1, -0.05) is 6.42 Å². The normalized spacial score (nSPS) is 22.1. The number of nitrogens with one attached hydrogen (secondary N) is 1. The van der Waals surface area contributed by atoms with E-state index in [0.717, 1.165) is 13.0 Å². The van der Waals surface area contributed by atoms with Crippen LogP contribution in [0.5, 0.6) is 0 Å². The van der Waals surface area contributed by atoms with Gasteiger partial charge < -0.3 is 14.8 Å². The molecule has 0 saturated carbocycles. The zero-order valence-corrected chi connectivity index (χ0v) is 11.0. The number of carbonyl (C=O) groups excluding carboxylic acids is 1. The third-order valence-electron chi connectivity index (χ3n) is 3.00. The van der Waals surface area contributed by atoms with Crippen LogP contribution in [0.25, 0.3) is 0 Å². The molecule has 4 nitrogen and oxygen atoms in total. The summed E-state index contributed by atoms with van der Waals surface area (Å²) in [7, 11) is 0. The molecule has 0 aromatic rings. The van der Waals surface area contributed by atoms with E-state index in [0.29, 0.717) is 25.7 Å². The van der Waals surface area contributed by atoms with Crippen LogP contribution in [0.2, 0.25) is 0 Å². The van der Waals surface area contributed by atoms with Gasteiger partial charge >= 0.3 is 5.97 Å². The van der Waals surface area contributed by atoms with Gasteiger partial charge in [0.1, 0.15) is 6.10 Å². The molecule has 0 amide bonds. The van der Waals surface area contributed by atoms with E-state index >= 15 is 0 Å². The van der Waals surface area contributed by atoms with Crippen molar-refractivity contribution in [1.29, 1.82) is 0 Å². The monoisotopic (exact) mass is 243 g/mol. The van der Waals surface area contributed by atoms with E-state index in [9.17, 15) is 4.79 Å². The molecule has 1 rings (SSSR count). The molecule has 1 heterocycles. The highest BCUT2D eigenvalue weighted by Crippen LogP contribution is 2.12. The summed E-state index contributed by atoms with van der Waals surface area (Å²) in [5.41, 5.74) is 0. The van der Waals surface area contributed by atoms with Gasteiger partial charge in [-0.15, -0.1) is 0 Å². The molecule has 0 radical (unpaired) electrons. The zero-order chi connectivity index (χ0) is 12.5. The van der Waals surface area contributed by atoms with Crippen molar-refractivity contribution in [1.82, 2.24) is 5.32 Å². The maximum Gasteiger partial charge on any atom is 0.306 e. The van der Waals surface area contributed by atoms with Gasteiger partial charge in [-0.2, -0.15) is 0 Å². The van der Waals surface area contributed by atoms with Gasteiger partial charge in [0, 0.05) is 19.1 Å². The molecular formula is C13H25NO3. The van der Waals surface area contributed by atoms with Crippen molar-refractivity contribution in [3.8, 4) is 0 Å². The number of rotatable bonds is 7. The SMILES string of the molecule is CCOCC(C)OC(=O)CCC1CCCCN1. The second-order valence-corrected chi connectivity index (χ2v) is 4.65. The second kappa shape index (κ2) is 8.48. The molecular weight excluding hydrogens is 218 g/mol. The summed E-state index contributed by atoms with van der Waals surface area (Å²) in [5, 5.41) is 3.43. The van der Waals surface area contributed by atoms with Crippen LogP contribution in [0.1, 0.15) is 46.0 Å². The van der Waals surface area contributed by atoms with E-state index in [4.69, 9.17) is 9.47 Å². The fraction of sp³-hybridized carbons (Fsp3) is 0.923. The van der Waals surface area contributed by atoms with Crippen molar-refractivity contribution < 1.29 is 14.3 Å². The van der Waals surface area contributed by atoms with E-state index in [1.807, 2.05) is 13.8 Å². The maximum atomic E-state index is 11.6. The van der Waals surface area contributed by atoms with E-state index in [-0.39, 0.29) is 12.1 Å². The Morgan fingerprint density at radius 2 is 2.29 bits per heavy atom. The van der Waals surface area contributed by atoms with Gasteiger partial charge in [-0.25, -0.2) is 0 Å². The fourth-order valence-corrected chi connectivity index (χ4v) is 2.06. The zero-order valence-electron chi connectivity index (χ0n) is 11.0. The molecule has 1 fully saturated rings. The molecule has 100 valence electrons. The molecule has 0 aromatic carbocycles. The van der Waals surface area contributed by atoms with Crippen LogP contribution in [-0.4, -0.2) is 37.9 Å². The number of ether oxygens (including phenoxy) is 2. The first-order valence-electron chi connectivity index (χ1n) is 6.73. The smallest absolute Gasteiger partial charge is 0.306 e. The van der Waals surface area contributed by atoms with Crippen LogP contribution in [0.15, 0.2) is 0 Å². The first kappa shape index (κ1) is 14.5. The van der Waals surface area contributed by atoms with Crippen LogP contribution < -0.4 is 5.32 Å². The fourth-order valence-electron chi connectivity index (χ4n) is 2.06. The van der Waals surface area contributed by atoms with Gasteiger partial charge in [0.15, 0.2) is 0 Å². The minimum atomic E-state index is -0.137. The lowest BCUT2D eigenvalue weighted by Crippen LogP contribution is -2.34. The van der Waals surface area contributed by atoms with Gasteiger partial charge in [-0.05, 0) is 39.7 Å². The lowest BCUT2D eigenvalue weighted by molar-refractivity contribution is -0.151. The summed E-state index contributed by atoms with van der Waals surface area (Å²) in [6.07, 6.45) is 4.97. The van der Waals surface area contributed by atoms with Crippen molar-refractivity contribution in [2.45, 2.75) is 58.1 Å². The molecule has 17 heavy (non-hydrogen) atoms. The molecule has 0 bridgehead atoms. The Labute approximate surface area is 104 Å². The molecule has 0 aliphatic carbocycles. The number of piperidine rings is 1. The van der Waals surface area contributed by atoms with Crippen molar-refractivity contribution in [2.24, 2.45) is 0 Å². The highest BCUT2D eigenvalue weighted by molar-refractivity contribution is 5.69. The highest BCUT2D eigenvalue weighted by Gasteiger charge is 2.15. The predicted molar refractivity (Wildman–Crippen MR) is 66.9 cm³/mol. The number of carbonyl (C=O) groups is 1. The summed E-state index contributed by atoms with van der Waals surface area (Å²) >= 11 is 0. The molecule has 4 heteroatoms. The largest absolute Gasteiger partial charge is 0.460 e. The van der Waals surface area contributed by atoms with Crippen molar-refractivity contribution in [3.05, 3.63) is 0 Å². The van der Waals surface area contributed by atoms with E-state index < -0.39 is 0 Å². The average molecular weight is 243 g/mol. The third kappa shape index (κ3) is 6.64. The van der Waals surface area contributed by atoms with Gasteiger partial charge in [0.2, 0.25) is 0 Å². The quantitative estimate of drug-likeness (QED) is 0.694. The van der Waals surface area contributed by atoms with Crippen LogP contribution in [0.3, 0.4) is 0 Å². The molecule has 2 unspecified atom stereocenters. The summed E-state index contributed by atoms with van der Waals surface area (Å²) in [6, 6.07) is 0.499. The molecule has 0 spiro atoms. The van der Waals surface area contributed by atoms with Gasteiger partial charge in [-0.3, -0.25) is 4.79 Å². The third-order valence-corrected chi connectivity index (χ3v) is 3.00. The Hall–Kier alpha value is -0.610. The summed E-state index contributed by atoms with van der Waals surface area (Å²) in [4.78, 5) is 11.6. The maximum absolute atomic E-state index is 11.6. The Morgan fingerprint density at radius 1 is 1.47 bits per heavy atom. The average Bonchev–Trinajstić information content (AvgIpc) is 2.35. The summed E-state index contributed by atoms with van der Waals surface area (Å²) in [6.45, 7) is 6.04. The van der Waals surface area contributed by atoms with Gasteiger partial charge in [0.25, 0.3) is 0 Å². The Bertz CT molecular complexity index is 215. The van der Waals surface area contributed by atoms with Crippen LogP contribution in [0, 0.1) is 0 Å². The van der Waals surface area contributed by atoms with Crippen molar-refractivity contribution in [2.75, 3.05) is 19.8 Å². The predicted octanol–water partition coefficient (Wildman–Crippen LogP) is 1.88. The van der Waals surface area contributed by atoms with Crippen molar-refractivity contribution in [3.63, 3.8) is 0 Å². The second-order valence-electron chi connectivity index (χ2n) is 4.65. The summed E-state index contributed by atoms with van der Waals surface area (Å²) < 4.78 is 10.5. The molecule has 1 aliphatic rings. The molecule has 1 N–H and O–H groups in total.